The molecular weight excluding hydrogens is 375 g/mol. The molecule has 1 aromatic heterocycles. The van der Waals surface area contributed by atoms with Gasteiger partial charge in [0.25, 0.3) is 11.8 Å². The van der Waals surface area contributed by atoms with E-state index < -0.39 is 29.7 Å². The van der Waals surface area contributed by atoms with Crippen LogP contribution in [-0.2, 0) is 4.79 Å². The first-order valence-electron chi connectivity index (χ1n) is 7.85. The highest BCUT2D eigenvalue weighted by molar-refractivity contribution is 7.98. The number of carbonyl (C=O) groups is 3. The Bertz CT molecular complexity index is 811. The van der Waals surface area contributed by atoms with Crippen molar-refractivity contribution < 1.29 is 18.8 Å². The zero-order valence-electron chi connectivity index (χ0n) is 14.4. The average Bonchev–Trinajstić information content (AvgIpc) is 3.13. The molecule has 0 aliphatic heterocycles. The number of nitrogens with one attached hydrogen (secondary N) is 3. The Morgan fingerprint density at radius 2 is 1.96 bits per heavy atom. The molecule has 0 aliphatic carbocycles. The fraction of sp³-hybridized carbons (Fsp3) is 0.250. The van der Waals surface area contributed by atoms with E-state index in [1.807, 2.05) is 6.26 Å². The van der Waals surface area contributed by atoms with Crippen molar-refractivity contribution in [3.05, 3.63) is 48.3 Å². The first-order valence-corrected chi connectivity index (χ1v) is 9.25. The molecule has 0 fully saturated rings. The summed E-state index contributed by atoms with van der Waals surface area (Å²) in [6.07, 6.45) is 4.90. The zero-order valence-corrected chi connectivity index (χ0v) is 15.3. The molecule has 0 saturated carbocycles. The molecule has 0 unspecified atom stereocenters. The maximum atomic E-state index is 13.1. The minimum absolute atomic E-state index is 0.130. The Morgan fingerprint density at radius 3 is 2.59 bits per heavy atom. The number of nitrogens with zero attached hydrogens (tertiary/aromatic N) is 2. The van der Waals surface area contributed by atoms with Crippen LogP contribution in [0.3, 0.4) is 0 Å². The highest BCUT2D eigenvalue weighted by Gasteiger charge is 2.21. The Morgan fingerprint density at radius 1 is 1.26 bits per heavy atom. The van der Waals surface area contributed by atoms with Gasteiger partial charge in [-0.2, -0.15) is 11.8 Å². The number of hydrazine groups is 1. The molecule has 27 heavy (non-hydrogen) atoms. The molecule has 4 amide bonds. The van der Waals surface area contributed by atoms with Crippen molar-refractivity contribution in [3.8, 4) is 5.69 Å². The van der Waals surface area contributed by atoms with E-state index in [4.69, 9.17) is 5.73 Å². The molecule has 11 heteroatoms. The second-order valence-corrected chi connectivity index (χ2v) is 6.40. The Balaban J connectivity index is 2.03. The molecular formula is C16H19FN6O3S. The number of halogens is 1. The number of hydrogen-bond acceptors (Lipinski definition) is 5. The molecule has 2 rings (SSSR count). The van der Waals surface area contributed by atoms with Gasteiger partial charge in [0.05, 0.1) is 12.5 Å². The predicted molar refractivity (Wildman–Crippen MR) is 98.6 cm³/mol. The number of hydrogen-bond donors (Lipinski definition) is 4. The highest BCUT2D eigenvalue weighted by atomic mass is 32.2. The van der Waals surface area contributed by atoms with Crippen molar-refractivity contribution >= 4 is 29.6 Å². The largest absolute Gasteiger partial charge is 0.352 e. The van der Waals surface area contributed by atoms with E-state index in [-0.39, 0.29) is 5.69 Å². The summed E-state index contributed by atoms with van der Waals surface area (Å²) < 4.78 is 14.5. The van der Waals surface area contributed by atoms with Crippen LogP contribution in [0, 0.1) is 5.82 Å². The summed E-state index contributed by atoms with van der Waals surface area (Å²) in [5, 5.41) is 2.32. The molecule has 0 bridgehead atoms. The SMILES string of the molecule is CSCC[C@H](NC(N)=O)C(=O)NNC(=O)c1cncn1-c1ccc(F)cc1. The smallest absolute Gasteiger partial charge is 0.312 e. The predicted octanol–water partition coefficient (Wildman–Crippen LogP) is 0.562. The lowest BCUT2D eigenvalue weighted by Crippen LogP contribution is -2.53. The van der Waals surface area contributed by atoms with Crippen LogP contribution in [0.25, 0.3) is 5.69 Å². The van der Waals surface area contributed by atoms with Crippen LogP contribution < -0.4 is 21.9 Å². The third kappa shape index (κ3) is 5.71. The monoisotopic (exact) mass is 394 g/mol. The lowest BCUT2D eigenvalue weighted by molar-refractivity contribution is -0.123. The van der Waals surface area contributed by atoms with Gasteiger partial charge in [-0.05, 0) is 42.7 Å². The molecule has 0 aliphatic rings. The summed E-state index contributed by atoms with van der Waals surface area (Å²) in [5.74, 6) is -1.03. The number of imidazole rings is 1. The van der Waals surface area contributed by atoms with Crippen molar-refractivity contribution in [2.75, 3.05) is 12.0 Å². The number of amides is 4. The van der Waals surface area contributed by atoms with Crippen LogP contribution in [0.15, 0.2) is 36.8 Å². The summed E-state index contributed by atoms with van der Waals surface area (Å²) >= 11 is 1.50. The number of carbonyl (C=O) groups excluding carboxylic acids is 3. The average molecular weight is 394 g/mol. The molecule has 144 valence electrons. The first-order chi connectivity index (χ1) is 12.9. The van der Waals surface area contributed by atoms with Gasteiger partial charge in [-0.1, -0.05) is 0 Å². The topological polar surface area (TPSA) is 131 Å². The molecule has 1 heterocycles. The molecule has 0 radical (unpaired) electrons. The van der Waals surface area contributed by atoms with E-state index in [1.165, 1.54) is 53.1 Å². The minimum Gasteiger partial charge on any atom is -0.352 e. The molecule has 5 N–H and O–H groups in total. The molecule has 0 spiro atoms. The summed E-state index contributed by atoms with van der Waals surface area (Å²) in [7, 11) is 0. The molecule has 1 atom stereocenters. The number of primary amides is 1. The van der Waals surface area contributed by atoms with Crippen LogP contribution in [0.2, 0.25) is 0 Å². The Labute approximate surface area is 158 Å². The highest BCUT2D eigenvalue weighted by Crippen LogP contribution is 2.12. The van der Waals surface area contributed by atoms with Crippen molar-refractivity contribution in [2.24, 2.45) is 5.73 Å². The van der Waals surface area contributed by atoms with Crippen LogP contribution in [0.1, 0.15) is 16.9 Å². The van der Waals surface area contributed by atoms with E-state index in [0.717, 1.165) is 0 Å². The lowest BCUT2D eigenvalue weighted by atomic mass is 10.2. The minimum atomic E-state index is -0.878. The number of urea groups is 1. The summed E-state index contributed by atoms with van der Waals surface area (Å²) in [5.41, 5.74) is 10.2. The maximum absolute atomic E-state index is 13.1. The van der Waals surface area contributed by atoms with Crippen molar-refractivity contribution in [3.63, 3.8) is 0 Å². The van der Waals surface area contributed by atoms with Crippen molar-refractivity contribution in [2.45, 2.75) is 12.5 Å². The standard InChI is InChI=1S/C16H19FN6O3S/c1-27-7-6-12(20-16(18)26)14(24)21-22-15(25)13-8-19-9-23(13)11-4-2-10(17)3-5-11/h2-5,8-9,12H,6-7H2,1H3,(H,21,24)(H,22,25)(H3,18,20,26)/t12-/m0/s1. The summed E-state index contributed by atoms with van der Waals surface area (Å²) in [6, 6.07) is 3.77. The summed E-state index contributed by atoms with van der Waals surface area (Å²) in [6.45, 7) is 0. The van der Waals surface area contributed by atoms with Crippen LogP contribution in [0.5, 0.6) is 0 Å². The van der Waals surface area contributed by atoms with E-state index >= 15 is 0 Å². The molecule has 1 aromatic carbocycles. The normalized spacial score (nSPS) is 11.5. The second kappa shape index (κ2) is 9.57. The lowest BCUT2D eigenvalue weighted by Gasteiger charge is -2.17. The van der Waals surface area contributed by atoms with Gasteiger partial charge in [0.1, 0.15) is 17.6 Å². The van der Waals surface area contributed by atoms with E-state index in [2.05, 4.69) is 21.2 Å². The number of benzene rings is 1. The maximum Gasteiger partial charge on any atom is 0.312 e. The van der Waals surface area contributed by atoms with E-state index in [9.17, 15) is 18.8 Å². The van der Waals surface area contributed by atoms with Gasteiger partial charge in [-0.3, -0.25) is 25.0 Å². The Hall–Kier alpha value is -3.08. The van der Waals surface area contributed by atoms with Gasteiger partial charge in [0.15, 0.2) is 0 Å². The number of thioether (sulfide) groups is 1. The molecule has 2 aromatic rings. The number of rotatable bonds is 7. The number of nitrogens with two attached hydrogens (primary N) is 1. The molecule has 9 nitrogen and oxygen atoms in total. The number of aromatic nitrogens is 2. The third-order valence-electron chi connectivity index (χ3n) is 3.52. The van der Waals surface area contributed by atoms with Crippen LogP contribution >= 0.6 is 11.8 Å². The zero-order chi connectivity index (χ0) is 19.8. The van der Waals surface area contributed by atoms with Gasteiger partial charge >= 0.3 is 6.03 Å². The van der Waals surface area contributed by atoms with Crippen molar-refractivity contribution in [1.29, 1.82) is 0 Å². The second-order valence-electron chi connectivity index (χ2n) is 5.41. The summed E-state index contributed by atoms with van der Waals surface area (Å²) in [4.78, 5) is 39.5. The van der Waals surface area contributed by atoms with E-state index in [1.54, 1.807) is 0 Å². The fourth-order valence-corrected chi connectivity index (χ4v) is 2.69. The van der Waals surface area contributed by atoms with Crippen LogP contribution in [0.4, 0.5) is 9.18 Å². The third-order valence-corrected chi connectivity index (χ3v) is 4.16. The van der Waals surface area contributed by atoms with E-state index in [0.29, 0.717) is 17.9 Å². The van der Waals surface area contributed by atoms with Gasteiger partial charge in [-0.15, -0.1) is 0 Å². The molecule has 0 saturated heterocycles. The quantitative estimate of drug-likeness (QED) is 0.510. The van der Waals surface area contributed by atoms with Gasteiger partial charge in [0.2, 0.25) is 0 Å². The first kappa shape index (κ1) is 20.2. The van der Waals surface area contributed by atoms with Gasteiger partial charge < -0.3 is 11.1 Å². The van der Waals surface area contributed by atoms with Crippen LogP contribution in [-0.4, -0.2) is 45.4 Å². The van der Waals surface area contributed by atoms with Gasteiger partial charge in [-0.25, -0.2) is 14.2 Å². The fourth-order valence-electron chi connectivity index (χ4n) is 2.22. The van der Waals surface area contributed by atoms with Crippen molar-refractivity contribution in [1.82, 2.24) is 25.7 Å². The Kier molecular flexibility index (Phi) is 7.17. The van der Waals surface area contributed by atoms with Gasteiger partial charge in [0, 0.05) is 5.69 Å².